The first-order valence-electron chi connectivity index (χ1n) is 13.2. The van der Waals surface area contributed by atoms with E-state index in [1.54, 1.807) is 18.2 Å². The molecule has 1 aliphatic heterocycles. The Kier molecular flexibility index (Phi) is 7.82. The van der Waals surface area contributed by atoms with Crippen molar-refractivity contribution in [2.45, 2.75) is 26.4 Å². The van der Waals surface area contributed by atoms with Gasteiger partial charge in [-0.25, -0.2) is 9.79 Å². The Morgan fingerprint density at radius 2 is 1.52 bits per heavy atom. The van der Waals surface area contributed by atoms with Gasteiger partial charge in [0.05, 0.1) is 17.9 Å². The van der Waals surface area contributed by atoms with Gasteiger partial charge in [-0.3, -0.25) is 9.59 Å². The van der Waals surface area contributed by atoms with Gasteiger partial charge < -0.3 is 15.5 Å². The Morgan fingerprint density at radius 1 is 0.850 bits per heavy atom. The number of carbonyl (C=O) groups is 3. The van der Waals surface area contributed by atoms with Gasteiger partial charge in [0.2, 0.25) is 6.17 Å². The molecule has 4 aromatic carbocycles. The third-order valence-corrected chi connectivity index (χ3v) is 6.89. The number of rotatable bonds is 7. The normalized spacial score (nSPS) is 14.6. The molecule has 1 aliphatic rings. The van der Waals surface area contributed by atoms with Crippen LogP contribution in [0.5, 0.6) is 0 Å². The van der Waals surface area contributed by atoms with Gasteiger partial charge in [0.15, 0.2) is 5.78 Å². The maximum absolute atomic E-state index is 14.0. The summed E-state index contributed by atoms with van der Waals surface area (Å²) in [7, 11) is 0. The van der Waals surface area contributed by atoms with E-state index in [0.29, 0.717) is 28.2 Å². The first-order chi connectivity index (χ1) is 19.4. The second-order valence-electron chi connectivity index (χ2n) is 9.57. The number of carbonyl (C=O) groups excluding carboxylic acids is 3. The summed E-state index contributed by atoms with van der Waals surface area (Å²) in [6, 6.07) is 31.1. The minimum absolute atomic E-state index is 0.198. The summed E-state index contributed by atoms with van der Waals surface area (Å²) < 4.78 is 0. The number of fused-ring (bicyclic) bond motifs is 1. The van der Waals surface area contributed by atoms with Crippen LogP contribution in [0.15, 0.2) is 108 Å². The fourth-order valence-corrected chi connectivity index (χ4v) is 4.74. The average molecular weight is 531 g/mol. The van der Waals surface area contributed by atoms with E-state index in [1.807, 2.05) is 91.9 Å². The summed E-state index contributed by atoms with van der Waals surface area (Å²) in [5.74, 6) is -0.708. The minimum Gasteiger partial charge on any atom is -0.308 e. The van der Waals surface area contributed by atoms with Crippen LogP contribution in [-0.4, -0.2) is 36.1 Å². The molecule has 0 spiro atoms. The molecule has 0 unspecified atom stereocenters. The van der Waals surface area contributed by atoms with E-state index in [9.17, 15) is 14.4 Å². The van der Waals surface area contributed by atoms with Gasteiger partial charge in [-0.05, 0) is 42.7 Å². The molecule has 1 atom stereocenters. The highest BCUT2D eigenvalue weighted by Crippen LogP contribution is 2.29. The van der Waals surface area contributed by atoms with E-state index in [2.05, 4.69) is 17.6 Å². The number of Topliss-reactive ketones (excluding diaryl/α,β-unsaturated/α-hetero) is 1. The second kappa shape index (κ2) is 11.8. The maximum Gasteiger partial charge on any atom is 0.321 e. The predicted octanol–water partition coefficient (Wildman–Crippen LogP) is 5.77. The van der Waals surface area contributed by atoms with Crippen LogP contribution in [0, 0.1) is 6.92 Å². The molecule has 0 saturated carbocycles. The third-order valence-electron chi connectivity index (χ3n) is 6.89. The van der Waals surface area contributed by atoms with Gasteiger partial charge in [-0.1, -0.05) is 91.9 Å². The van der Waals surface area contributed by atoms with Crippen LogP contribution in [0.3, 0.4) is 0 Å². The number of para-hydroxylation sites is 1. The van der Waals surface area contributed by atoms with E-state index < -0.39 is 18.1 Å². The molecule has 5 rings (SSSR count). The van der Waals surface area contributed by atoms with Gasteiger partial charge >= 0.3 is 6.03 Å². The zero-order valence-corrected chi connectivity index (χ0v) is 22.4. The quantitative estimate of drug-likeness (QED) is 0.297. The lowest BCUT2D eigenvalue weighted by molar-refractivity contribution is -0.120. The molecule has 0 aliphatic carbocycles. The van der Waals surface area contributed by atoms with Crippen LogP contribution in [0.4, 0.5) is 16.2 Å². The van der Waals surface area contributed by atoms with E-state index in [0.717, 1.165) is 23.1 Å². The SMILES string of the molecule is CCc1ccc(NC(=O)N[C@@H]2N=C(c3ccccc3)c3ccccc3N(CC(=O)c3ccccc3C)C2=O)cc1. The summed E-state index contributed by atoms with van der Waals surface area (Å²) in [5.41, 5.74) is 5.69. The zero-order chi connectivity index (χ0) is 28.1. The first kappa shape index (κ1) is 26.6. The van der Waals surface area contributed by atoms with Crippen LogP contribution in [0.25, 0.3) is 0 Å². The van der Waals surface area contributed by atoms with Gasteiger partial charge in [-0.15, -0.1) is 0 Å². The molecule has 200 valence electrons. The molecule has 7 heteroatoms. The van der Waals surface area contributed by atoms with Crippen molar-refractivity contribution in [3.63, 3.8) is 0 Å². The van der Waals surface area contributed by atoms with E-state index in [4.69, 9.17) is 4.99 Å². The molecule has 40 heavy (non-hydrogen) atoms. The lowest BCUT2D eigenvalue weighted by Gasteiger charge is -2.25. The summed E-state index contributed by atoms with van der Waals surface area (Å²) in [6.07, 6.45) is -0.375. The number of anilines is 2. The molecule has 0 aromatic heterocycles. The number of nitrogens with one attached hydrogen (secondary N) is 2. The van der Waals surface area contributed by atoms with E-state index in [1.165, 1.54) is 4.90 Å². The lowest BCUT2D eigenvalue weighted by Crippen LogP contribution is -2.50. The molecule has 0 bridgehead atoms. The van der Waals surface area contributed by atoms with Gasteiger partial charge in [0.1, 0.15) is 0 Å². The standard InChI is InChI=1S/C33H30N4O3/c1-3-23-17-19-25(20-18-23)34-33(40)36-31-32(39)37(21-29(38)26-14-8-7-11-22(26)2)28-16-10-9-15-27(28)30(35-31)24-12-5-4-6-13-24/h4-20,31H,3,21H2,1-2H3,(H2,34,36,40)/t31-/m0/s1. The van der Waals surface area contributed by atoms with Crippen LogP contribution in [-0.2, 0) is 11.2 Å². The number of nitrogens with zero attached hydrogens (tertiary/aromatic N) is 2. The average Bonchev–Trinajstić information content (AvgIpc) is 3.09. The van der Waals surface area contributed by atoms with Crippen molar-refractivity contribution in [3.8, 4) is 0 Å². The Labute approximate surface area is 233 Å². The fourth-order valence-electron chi connectivity index (χ4n) is 4.74. The number of hydrogen-bond donors (Lipinski definition) is 2. The molecular weight excluding hydrogens is 500 g/mol. The number of aliphatic imine (C=N–C) groups is 1. The third kappa shape index (κ3) is 5.68. The monoisotopic (exact) mass is 530 g/mol. The summed E-state index contributed by atoms with van der Waals surface area (Å²) in [5, 5.41) is 5.52. The Balaban J connectivity index is 1.52. The Morgan fingerprint density at radius 3 is 2.25 bits per heavy atom. The number of benzene rings is 4. The first-order valence-corrected chi connectivity index (χ1v) is 13.2. The number of ketones is 1. The van der Waals surface area contributed by atoms with Gasteiger partial charge in [0.25, 0.3) is 5.91 Å². The van der Waals surface area contributed by atoms with Crippen LogP contribution in [0.1, 0.15) is 39.5 Å². The topological polar surface area (TPSA) is 90.9 Å². The number of amides is 3. The van der Waals surface area contributed by atoms with Crippen molar-refractivity contribution in [1.29, 1.82) is 0 Å². The van der Waals surface area contributed by atoms with Crippen molar-refractivity contribution in [2.24, 2.45) is 4.99 Å². The summed E-state index contributed by atoms with van der Waals surface area (Å²) in [4.78, 5) is 46.7. The van der Waals surface area contributed by atoms with Crippen molar-refractivity contribution in [2.75, 3.05) is 16.8 Å². The Hall–Kier alpha value is -5.04. The van der Waals surface area contributed by atoms with Crippen LogP contribution in [0.2, 0.25) is 0 Å². The molecule has 7 nitrogen and oxygen atoms in total. The van der Waals surface area contributed by atoms with Crippen LogP contribution < -0.4 is 15.5 Å². The number of aryl methyl sites for hydroxylation is 2. The number of benzodiazepines with no additional fused rings is 1. The van der Waals surface area contributed by atoms with Crippen LogP contribution >= 0.6 is 0 Å². The predicted molar refractivity (Wildman–Crippen MR) is 158 cm³/mol. The lowest BCUT2D eigenvalue weighted by atomic mass is 9.99. The number of urea groups is 1. The highest BCUT2D eigenvalue weighted by Gasteiger charge is 2.34. The zero-order valence-electron chi connectivity index (χ0n) is 22.4. The molecule has 1 heterocycles. The van der Waals surface area contributed by atoms with Crippen molar-refractivity contribution < 1.29 is 14.4 Å². The summed E-state index contributed by atoms with van der Waals surface area (Å²) >= 11 is 0. The molecule has 0 fully saturated rings. The highest BCUT2D eigenvalue weighted by molar-refractivity contribution is 6.21. The molecule has 3 amide bonds. The molecule has 2 N–H and O–H groups in total. The number of hydrogen-bond acceptors (Lipinski definition) is 4. The minimum atomic E-state index is -1.26. The fraction of sp³-hybridized carbons (Fsp3) is 0.152. The molecule has 0 radical (unpaired) electrons. The van der Waals surface area contributed by atoms with Gasteiger partial charge in [0, 0.05) is 22.4 Å². The van der Waals surface area contributed by atoms with Crippen molar-refractivity contribution in [3.05, 3.63) is 131 Å². The van der Waals surface area contributed by atoms with Crippen molar-refractivity contribution >= 4 is 34.8 Å². The van der Waals surface area contributed by atoms with E-state index >= 15 is 0 Å². The largest absolute Gasteiger partial charge is 0.321 e. The molecule has 0 saturated heterocycles. The smallest absolute Gasteiger partial charge is 0.308 e. The maximum atomic E-state index is 14.0. The van der Waals surface area contributed by atoms with Crippen molar-refractivity contribution in [1.82, 2.24) is 5.32 Å². The molecule has 4 aromatic rings. The highest BCUT2D eigenvalue weighted by atomic mass is 16.2. The Bertz CT molecular complexity index is 1580. The van der Waals surface area contributed by atoms with E-state index in [-0.39, 0.29) is 12.3 Å². The second-order valence-corrected chi connectivity index (χ2v) is 9.57. The molecular formula is C33H30N4O3. The summed E-state index contributed by atoms with van der Waals surface area (Å²) in [6.45, 7) is 3.73. The van der Waals surface area contributed by atoms with Gasteiger partial charge in [-0.2, -0.15) is 0 Å².